The first-order valence-corrected chi connectivity index (χ1v) is 11.0. The lowest BCUT2D eigenvalue weighted by molar-refractivity contribution is -0.124. The van der Waals surface area contributed by atoms with E-state index in [0.29, 0.717) is 31.1 Å². The molecule has 0 saturated carbocycles. The maximum absolute atomic E-state index is 13.8. The average molecular weight is 456 g/mol. The first-order valence-electron chi connectivity index (χ1n) is 10.2. The molecule has 3 amide bonds. The molecule has 2 heterocycles. The van der Waals surface area contributed by atoms with Crippen molar-refractivity contribution in [2.45, 2.75) is 12.8 Å². The normalized spacial score (nSPS) is 16.5. The number of imide groups is 1. The Labute approximate surface area is 188 Å². The van der Waals surface area contributed by atoms with Gasteiger partial charge in [0.15, 0.2) is 11.5 Å². The molecule has 2 aliphatic rings. The zero-order valence-electron chi connectivity index (χ0n) is 17.1. The third-order valence-electron chi connectivity index (χ3n) is 4.97. The number of halogens is 1. The van der Waals surface area contributed by atoms with Crippen molar-refractivity contribution in [3.63, 3.8) is 0 Å². The molecule has 1 saturated heterocycles. The summed E-state index contributed by atoms with van der Waals surface area (Å²) in [7, 11) is 0. The van der Waals surface area contributed by atoms with Gasteiger partial charge in [-0.05, 0) is 48.0 Å². The Hall–Kier alpha value is -3.33. The lowest BCUT2D eigenvalue weighted by Gasteiger charge is -2.18. The highest BCUT2D eigenvalue weighted by atomic mass is 32.2. The van der Waals surface area contributed by atoms with E-state index in [-0.39, 0.29) is 35.9 Å². The highest BCUT2D eigenvalue weighted by molar-refractivity contribution is 8.18. The largest absolute Gasteiger partial charge is 0.486 e. The van der Waals surface area contributed by atoms with Crippen LogP contribution in [-0.4, -0.2) is 48.3 Å². The Morgan fingerprint density at radius 3 is 2.72 bits per heavy atom. The first kappa shape index (κ1) is 21.9. The molecule has 2 aromatic carbocycles. The van der Waals surface area contributed by atoms with Crippen LogP contribution in [0.2, 0.25) is 0 Å². The number of ether oxygens (including phenoxy) is 2. The molecule has 4 rings (SSSR count). The Balaban J connectivity index is 1.25. The van der Waals surface area contributed by atoms with Crippen molar-refractivity contribution in [2.75, 3.05) is 26.3 Å². The topological polar surface area (TPSA) is 84.9 Å². The predicted molar refractivity (Wildman–Crippen MR) is 118 cm³/mol. The van der Waals surface area contributed by atoms with Gasteiger partial charge in [-0.25, -0.2) is 4.39 Å². The molecule has 166 valence electrons. The SMILES string of the molecule is O=C(CCc1ccc2c(c1)OCCO2)NCCN1C(=O)S/C(=C\c2ccccc2F)C1=O. The summed E-state index contributed by atoms with van der Waals surface area (Å²) in [6.07, 6.45) is 2.15. The van der Waals surface area contributed by atoms with Crippen molar-refractivity contribution in [3.8, 4) is 11.5 Å². The highest BCUT2D eigenvalue weighted by Crippen LogP contribution is 2.32. The smallest absolute Gasteiger partial charge is 0.293 e. The second kappa shape index (κ2) is 9.86. The van der Waals surface area contributed by atoms with E-state index in [4.69, 9.17) is 9.47 Å². The van der Waals surface area contributed by atoms with E-state index in [0.717, 1.165) is 22.2 Å². The van der Waals surface area contributed by atoms with E-state index < -0.39 is 17.0 Å². The summed E-state index contributed by atoms with van der Waals surface area (Å²) in [5.74, 6) is 0.231. The number of benzene rings is 2. The Bertz CT molecular complexity index is 1090. The Morgan fingerprint density at radius 2 is 1.91 bits per heavy atom. The third kappa shape index (κ3) is 5.11. The van der Waals surface area contributed by atoms with E-state index in [9.17, 15) is 18.8 Å². The summed E-state index contributed by atoms with van der Waals surface area (Å²) in [4.78, 5) is 38.0. The third-order valence-corrected chi connectivity index (χ3v) is 5.88. The van der Waals surface area contributed by atoms with Crippen LogP contribution in [-0.2, 0) is 16.0 Å². The van der Waals surface area contributed by atoms with Gasteiger partial charge in [-0.2, -0.15) is 0 Å². The van der Waals surface area contributed by atoms with Crippen molar-refractivity contribution in [1.82, 2.24) is 10.2 Å². The molecule has 2 aliphatic heterocycles. The summed E-state index contributed by atoms with van der Waals surface area (Å²) < 4.78 is 24.8. The maximum atomic E-state index is 13.8. The molecule has 1 N–H and O–H groups in total. The summed E-state index contributed by atoms with van der Waals surface area (Å²) in [6, 6.07) is 11.6. The molecule has 0 aliphatic carbocycles. The number of thioether (sulfide) groups is 1. The number of carbonyl (C=O) groups excluding carboxylic acids is 3. The van der Waals surface area contributed by atoms with Gasteiger partial charge in [0.25, 0.3) is 11.1 Å². The summed E-state index contributed by atoms with van der Waals surface area (Å²) >= 11 is 0.760. The lowest BCUT2D eigenvalue weighted by Crippen LogP contribution is -2.37. The van der Waals surface area contributed by atoms with Crippen LogP contribution in [0.25, 0.3) is 6.08 Å². The van der Waals surface area contributed by atoms with Crippen LogP contribution >= 0.6 is 11.8 Å². The fraction of sp³-hybridized carbons (Fsp3) is 0.261. The quantitative estimate of drug-likeness (QED) is 0.643. The number of rotatable bonds is 7. The fourth-order valence-corrected chi connectivity index (χ4v) is 4.18. The standard InChI is InChI=1S/C23H21FN2O5S/c24-17-4-2-1-3-16(17)14-20-22(28)26(23(29)32-20)10-9-25-21(27)8-6-15-5-7-18-19(13-15)31-12-11-30-18/h1-5,7,13-14H,6,8-12H2,(H,25,27)/b20-14-. The van der Waals surface area contributed by atoms with E-state index in [2.05, 4.69) is 5.32 Å². The fourth-order valence-electron chi connectivity index (χ4n) is 3.32. The van der Waals surface area contributed by atoms with Gasteiger partial charge in [0, 0.05) is 25.1 Å². The molecule has 1 fully saturated rings. The van der Waals surface area contributed by atoms with Gasteiger partial charge >= 0.3 is 0 Å². The Kier molecular flexibility index (Phi) is 6.75. The van der Waals surface area contributed by atoms with E-state index in [1.165, 1.54) is 18.2 Å². The summed E-state index contributed by atoms with van der Waals surface area (Å²) in [5.41, 5.74) is 1.19. The number of amides is 3. The van der Waals surface area contributed by atoms with Crippen molar-refractivity contribution in [3.05, 3.63) is 64.3 Å². The lowest BCUT2D eigenvalue weighted by atomic mass is 10.1. The number of hydrogen-bond donors (Lipinski definition) is 1. The zero-order chi connectivity index (χ0) is 22.5. The van der Waals surface area contributed by atoms with Crippen molar-refractivity contribution in [1.29, 1.82) is 0 Å². The monoisotopic (exact) mass is 456 g/mol. The zero-order valence-corrected chi connectivity index (χ0v) is 18.0. The molecule has 7 nitrogen and oxygen atoms in total. The second-order valence-corrected chi connectivity index (χ2v) is 8.18. The predicted octanol–water partition coefficient (Wildman–Crippen LogP) is 3.38. The van der Waals surface area contributed by atoms with E-state index >= 15 is 0 Å². The van der Waals surface area contributed by atoms with Crippen LogP contribution in [0.4, 0.5) is 9.18 Å². The van der Waals surface area contributed by atoms with Crippen molar-refractivity contribution in [2.24, 2.45) is 0 Å². The van der Waals surface area contributed by atoms with Gasteiger partial charge in [0.2, 0.25) is 5.91 Å². The number of hydrogen-bond acceptors (Lipinski definition) is 6. The van der Waals surface area contributed by atoms with Crippen molar-refractivity contribution < 1.29 is 28.2 Å². The number of aryl methyl sites for hydroxylation is 1. The average Bonchev–Trinajstić information content (AvgIpc) is 3.06. The summed E-state index contributed by atoms with van der Waals surface area (Å²) in [6.45, 7) is 1.22. The minimum atomic E-state index is -0.492. The molecule has 0 aromatic heterocycles. The van der Waals surface area contributed by atoms with Gasteiger partial charge in [0.05, 0.1) is 4.91 Å². The number of fused-ring (bicyclic) bond motifs is 1. The minimum Gasteiger partial charge on any atom is -0.486 e. The molecule has 0 unspecified atom stereocenters. The van der Waals surface area contributed by atoms with E-state index in [1.54, 1.807) is 12.1 Å². The van der Waals surface area contributed by atoms with Gasteiger partial charge in [0.1, 0.15) is 19.0 Å². The van der Waals surface area contributed by atoms with Gasteiger partial charge in [-0.15, -0.1) is 0 Å². The number of nitrogens with one attached hydrogen (secondary N) is 1. The van der Waals surface area contributed by atoms with E-state index in [1.807, 2.05) is 18.2 Å². The van der Waals surface area contributed by atoms with Crippen LogP contribution in [0, 0.1) is 5.82 Å². The van der Waals surface area contributed by atoms with Gasteiger partial charge in [-0.1, -0.05) is 24.3 Å². The second-order valence-electron chi connectivity index (χ2n) is 7.18. The molecule has 2 aromatic rings. The van der Waals surface area contributed by atoms with Crippen molar-refractivity contribution >= 4 is 34.9 Å². The molecule has 32 heavy (non-hydrogen) atoms. The molecular formula is C23H21FN2O5S. The number of nitrogens with zero attached hydrogens (tertiary/aromatic N) is 1. The molecular weight excluding hydrogens is 435 g/mol. The Morgan fingerprint density at radius 1 is 1.12 bits per heavy atom. The van der Waals surface area contributed by atoms with Crippen LogP contribution in [0.1, 0.15) is 17.5 Å². The molecule has 0 bridgehead atoms. The van der Waals surface area contributed by atoms with Crippen LogP contribution in [0.15, 0.2) is 47.4 Å². The number of carbonyl (C=O) groups is 3. The van der Waals surface area contributed by atoms with Gasteiger partial charge < -0.3 is 14.8 Å². The minimum absolute atomic E-state index is 0.0506. The maximum Gasteiger partial charge on any atom is 0.293 e. The summed E-state index contributed by atoms with van der Waals surface area (Å²) in [5, 5.41) is 2.29. The van der Waals surface area contributed by atoms with Gasteiger partial charge in [-0.3, -0.25) is 19.3 Å². The molecule has 0 atom stereocenters. The van der Waals surface area contributed by atoms with Crippen LogP contribution in [0.3, 0.4) is 0 Å². The molecule has 0 radical (unpaired) electrons. The molecule has 9 heteroatoms. The van der Waals surface area contributed by atoms with Crippen LogP contribution < -0.4 is 14.8 Å². The first-order chi connectivity index (χ1) is 15.5. The highest BCUT2D eigenvalue weighted by Gasteiger charge is 2.34. The van der Waals surface area contributed by atoms with Crippen LogP contribution in [0.5, 0.6) is 11.5 Å². The molecule has 0 spiro atoms.